The van der Waals surface area contributed by atoms with Crippen LogP contribution in [0.4, 0.5) is 0 Å². The third kappa shape index (κ3) is 1.11. The molecule has 1 aromatic rings. The van der Waals surface area contributed by atoms with Crippen molar-refractivity contribution in [3.05, 3.63) is 33.9 Å². The summed E-state index contributed by atoms with van der Waals surface area (Å²) in [6, 6.07) is 2.34. The molecule has 1 aliphatic rings. The number of aryl methyl sites for hydroxylation is 1. The fourth-order valence-electron chi connectivity index (χ4n) is 2.23. The first-order chi connectivity index (χ1) is 5.46. The van der Waals surface area contributed by atoms with Crippen LogP contribution < -0.4 is 6.15 Å². The van der Waals surface area contributed by atoms with E-state index in [0.717, 1.165) is 0 Å². The van der Waals surface area contributed by atoms with Crippen molar-refractivity contribution in [2.45, 2.75) is 40.0 Å². The van der Waals surface area contributed by atoms with Crippen LogP contribution >= 0.6 is 0 Å². The second-order valence-electron chi connectivity index (χ2n) is 4.49. The van der Waals surface area contributed by atoms with Gasteiger partial charge in [-0.3, -0.25) is 0 Å². The summed E-state index contributed by atoms with van der Waals surface area (Å²) in [5.74, 6) is 0. The fraction of sp³-hybridized carbons (Fsp3) is 0.500. The zero-order valence-electron chi connectivity index (χ0n) is 9.28. The normalized spacial score (nSPS) is 16.1. The quantitative estimate of drug-likeness (QED) is 0.647. The summed E-state index contributed by atoms with van der Waals surface area (Å²) in [5.41, 5.74) is 7.95. The zero-order valence-corrected chi connectivity index (χ0v) is 9.28. The van der Waals surface area contributed by atoms with Crippen molar-refractivity contribution in [1.29, 1.82) is 0 Å². The highest BCUT2D eigenvalue weighted by Crippen LogP contribution is 2.52. The minimum absolute atomic E-state index is 0. The van der Waals surface area contributed by atoms with E-state index in [1.807, 2.05) is 0 Å². The number of hydrogen-bond acceptors (Lipinski definition) is 1. The molecule has 0 heterocycles. The van der Waals surface area contributed by atoms with Crippen LogP contribution in [0.3, 0.4) is 0 Å². The predicted molar refractivity (Wildman–Crippen MR) is 57.8 cm³/mol. The first-order valence-corrected chi connectivity index (χ1v) is 4.58. The maximum Gasteiger partial charge on any atom is 0.0155 e. The first-order valence-electron chi connectivity index (χ1n) is 4.58. The molecule has 0 saturated carbocycles. The molecule has 1 aliphatic carbocycles. The molecule has 0 bridgehead atoms. The van der Waals surface area contributed by atoms with Gasteiger partial charge >= 0.3 is 0 Å². The minimum atomic E-state index is 0. The average molecular weight is 177 g/mol. The van der Waals surface area contributed by atoms with E-state index in [2.05, 4.69) is 40.7 Å². The van der Waals surface area contributed by atoms with Gasteiger partial charge in [-0.15, -0.1) is 0 Å². The molecule has 0 fully saturated rings. The lowest BCUT2D eigenvalue weighted by atomic mass is 10.0. The van der Waals surface area contributed by atoms with E-state index in [1.54, 1.807) is 11.1 Å². The lowest BCUT2D eigenvalue weighted by Gasteiger charge is -2.01. The first kappa shape index (κ1) is 10.3. The maximum atomic E-state index is 2.34. The van der Waals surface area contributed by atoms with Crippen LogP contribution in [0.5, 0.6) is 0 Å². The topological polar surface area (TPSA) is 35.0 Å². The SMILES string of the molecule is Cc1cc2c(c(C)c1C)C2(C)C.N. The molecular formula is C12H19N. The molecule has 3 N–H and O–H groups in total. The Morgan fingerprint density at radius 1 is 1.00 bits per heavy atom. The van der Waals surface area contributed by atoms with E-state index in [1.165, 1.54) is 16.7 Å². The number of rotatable bonds is 0. The van der Waals surface area contributed by atoms with Gasteiger partial charge in [0.1, 0.15) is 0 Å². The number of benzene rings is 1. The van der Waals surface area contributed by atoms with Crippen molar-refractivity contribution < 1.29 is 0 Å². The molecule has 2 rings (SSSR count). The monoisotopic (exact) mass is 177 g/mol. The molecule has 0 spiro atoms. The smallest absolute Gasteiger partial charge is 0.0155 e. The average Bonchev–Trinajstić information content (AvgIpc) is 2.49. The summed E-state index contributed by atoms with van der Waals surface area (Å²) in [5, 5.41) is 0. The van der Waals surface area contributed by atoms with Gasteiger partial charge in [-0.2, -0.15) is 0 Å². The summed E-state index contributed by atoms with van der Waals surface area (Å²) < 4.78 is 0. The highest BCUT2D eigenvalue weighted by molar-refractivity contribution is 5.65. The summed E-state index contributed by atoms with van der Waals surface area (Å²) >= 11 is 0. The molecule has 0 amide bonds. The third-order valence-electron chi connectivity index (χ3n) is 3.40. The summed E-state index contributed by atoms with van der Waals surface area (Å²) in [4.78, 5) is 0. The summed E-state index contributed by atoms with van der Waals surface area (Å²) in [6.07, 6.45) is 0. The van der Waals surface area contributed by atoms with Crippen LogP contribution in [0.25, 0.3) is 0 Å². The highest BCUT2D eigenvalue weighted by atomic mass is 14.5. The molecule has 1 nitrogen and oxygen atoms in total. The van der Waals surface area contributed by atoms with Crippen molar-refractivity contribution >= 4 is 0 Å². The van der Waals surface area contributed by atoms with Gasteiger partial charge in [-0.25, -0.2) is 0 Å². The molecule has 1 aromatic carbocycles. The van der Waals surface area contributed by atoms with Crippen molar-refractivity contribution in [2.24, 2.45) is 0 Å². The van der Waals surface area contributed by atoms with Crippen LogP contribution in [-0.2, 0) is 5.41 Å². The zero-order chi connectivity index (χ0) is 9.09. The molecule has 1 heteroatoms. The molecule has 0 aromatic heterocycles. The van der Waals surface area contributed by atoms with E-state index in [0.29, 0.717) is 5.41 Å². The predicted octanol–water partition coefficient (Wildman–Crippen LogP) is 3.41. The van der Waals surface area contributed by atoms with E-state index in [-0.39, 0.29) is 6.15 Å². The van der Waals surface area contributed by atoms with Crippen molar-refractivity contribution in [1.82, 2.24) is 6.15 Å². The molecular weight excluding hydrogens is 158 g/mol. The second-order valence-corrected chi connectivity index (χ2v) is 4.49. The van der Waals surface area contributed by atoms with Gasteiger partial charge < -0.3 is 6.15 Å². The Kier molecular flexibility index (Phi) is 2.04. The minimum Gasteiger partial charge on any atom is -0.344 e. The van der Waals surface area contributed by atoms with Gasteiger partial charge in [0.25, 0.3) is 0 Å². The van der Waals surface area contributed by atoms with E-state index < -0.39 is 0 Å². The third-order valence-corrected chi connectivity index (χ3v) is 3.40. The van der Waals surface area contributed by atoms with Crippen LogP contribution in [0.15, 0.2) is 6.07 Å². The van der Waals surface area contributed by atoms with Crippen molar-refractivity contribution in [2.75, 3.05) is 0 Å². The van der Waals surface area contributed by atoms with Gasteiger partial charge in [-0.1, -0.05) is 19.9 Å². The van der Waals surface area contributed by atoms with Crippen LogP contribution in [-0.4, -0.2) is 0 Å². The van der Waals surface area contributed by atoms with Gasteiger partial charge in [0.15, 0.2) is 0 Å². The maximum absolute atomic E-state index is 2.34. The highest BCUT2D eigenvalue weighted by Gasteiger charge is 2.43. The standard InChI is InChI=1S/C12H16.H3N/c1-7-6-10-11(12(10,4)5)9(3)8(7)2;/h6H,1-5H3;1H3. The number of fused-ring (bicyclic) bond motifs is 1. The molecule has 0 radical (unpaired) electrons. The molecule has 0 atom stereocenters. The van der Waals surface area contributed by atoms with Crippen LogP contribution in [0.2, 0.25) is 0 Å². The Hall–Kier alpha value is -0.820. The Bertz CT molecular complexity index is 362. The van der Waals surface area contributed by atoms with Gasteiger partial charge in [0, 0.05) is 5.41 Å². The lowest BCUT2D eigenvalue weighted by Crippen LogP contribution is -1.91. The fourth-order valence-corrected chi connectivity index (χ4v) is 2.23. The molecule has 0 saturated heterocycles. The second kappa shape index (κ2) is 2.58. The lowest BCUT2D eigenvalue weighted by molar-refractivity contribution is 0.789. The van der Waals surface area contributed by atoms with E-state index in [4.69, 9.17) is 0 Å². The number of hydrogen-bond donors (Lipinski definition) is 1. The molecule has 72 valence electrons. The Morgan fingerprint density at radius 2 is 1.54 bits per heavy atom. The Balaban J connectivity index is 0.000000845. The van der Waals surface area contributed by atoms with Crippen LogP contribution in [0, 0.1) is 20.8 Å². The van der Waals surface area contributed by atoms with Crippen molar-refractivity contribution in [3.63, 3.8) is 0 Å². The van der Waals surface area contributed by atoms with Gasteiger partial charge in [-0.05, 0) is 48.6 Å². The Morgan fingerprint density at radius 3 is 2.08 bits per heavy atom. The van der Waals surface area contributed by atoms with E-state index >= 15 is 0 Å². The molecule has 0 aliphatic heterocycles. The van der Waals surface area contributed by atoms with Crippen molar-refractivity contribution in [3.8, 4) is 0 Å². The van der Waals surface area contributed by atoms with Gasteiger partial charge in [0.05, 0.1) is 0 Å². The van der Waals surface area contributed by atoms with E-state index in [9.17, 15) is 0 Å². The Labute approximate surface area is 80.8 Å². The molecule has 0 unspecified atom stereocenters. The summed E-state index contributed by atoms with van der Waals surface area (Å²) in [7, 11) is 0. The van der Waals surface area contributed by atoms with Gasteiger partial charge in [0.2, 0.25) is 0 Å². The summed E-state index contributed by atoms with van der Waals surface area (Å²) in [6.45, 7) is 11.3. The van der Waals surface area contributed by atoms with Crippen LogP contribution in [0.1, 0.15) is 41.7 Å². The largest absolute Gasteiger partial charge is 0.344 e. The molecule has 13 heavy (non-hydrogen) atoms.